The highest BCUT2D eigenvalue weighted by atomic mass is 15.1. The summed E-state index contributed by atoms with van der Waals surface area (Å²) >= 11 is 0. The van der Waals surface area contributed by atoms with Crippen molar-refractivity contribution in [3.63, 3.8) is 0 Å². The average Bonchev–Trinajstić information content (AvgIpc) is 3.23. The number of benzene rings is 4. The highest BCUT2D eigenvalue weighted by Crippen LogP contribution is 2.37. The molecule has 0 atom stereocenters. The molecule has 0 bridgehead atoms. The van der Waals surface area contributed by atoms with Gasteiger partial charge in [0.15, 0.2) is 0 Å². The first kappa shape index (κ1) is 19.6. The van der Waals surface area contributed by atoms with Gasteiger partial charge < -0.3 is 9.47 Å². The number of allylic oxidation sites excluding steroid dienone is 1. The van der Waals surface area contributed by atoms with Gasteiger partial charge in [-0.2, -0.15) is 0 Å². The van der Waals surface area contributed by atoms with Crippen molar-refractivity contribution in [2.45, 2.75) is 12.8 Å². The standard InChI is InChI=1S/C31H26N2/c1-32(25-18-16-24(17-19-25)23-10-4-2-5-11-23)27-20-21-31-29(22-27)28-14-8-9-15-30(28)33(31)26-12-6-3-7-13-26/h2-7,9-13,15-22H,8,14H2,1H3. The molecule has 1 aliphatic rings. The van der Waals surface area contributed by atoms with E-state index >= 15 is 0 Å². The van der Waals surface area contributed by atoms with Crippen molar-refractivity contribution < 1.29 is 0 Å². The second kappa shape index (κ2) is 8.14. The molecule has 2 heteroatoms. The zero-order chi connectivity index (χ0) is 22.2. The van der Waals surface area contributed by atoms with Crippen LogP contribution < -0.4 is 4.90 Å². The third kappa shape index (κ3) is 3.44. The maximum Gasteiger partial charge on any atom is 0.0539 e. The molecule has 0 saturated heterocycles. The van der Waals surface area contributed by atoms with Crippen molar-refractivity contribution >= 4 is 28.4 Å². The van der Waals surface area contributed by atoms with Crippen molar-refractivity contribution in [3.05, 3.63) is 120 Å². The smallest absolute Gasteiger partial charge is 0.0539 e. The lowest BCUT2D eigenvalue weighted by Gasteiger charge is -2.20. The van der Waals surface area contributed by atoms with Crippen molar-refractivity contribution in [1.29, 1.82) is 0 Å². The van der Waals surface area contributed by atoms with Crippen molar-refractivity contribution in [2.75, 3.05) is 11.9 Å². The monoisotopic (exact) mass is 426 g/mol. The zero-order valence-electron chi connectivity index (χ0n) is 18.8. The maximum absolute atomic E-state index is 2.40. The SMILES string of the molecule is CN(c1ccc(-c2ccccc2)cc1)c1ccc2c(c1)c1c(n2-c2ccccc2)C=CCC1. The Bertz CT molecular complexity index is 1440. The largest absolute Gasteiger partial charge is 0.345 e. The van der Waals surface area contributed by atoms with Crippen LogP contribution in [0, 0.1) is 0 Å². The van der Waals surface area contributed by atoms with Gasteiger partial charge in [-0.1, -0.05) is 66.7 Å². The summed E-state index contributed by atoms with van der Waals surface area (Å²) in [5.41, 5.74) is 10.1. The van der Waals surface area contributed by atoms with Crippen LogP contribution in [0.3, 0.4) is 0 Å². The van der Waals surface area contributed by atoms with Crippen LogP contribution in [0.15, 0.2) is 109 Å². The summed E-state index contributed by atoms with van der Waals surface area (Å²) in [6.07, 6.45) is 6.77. The fourth-order valence-electron chi connectivity index (χ4n) is 4.94. The zero-order valence-corrected chi connectivity index (χ0v) is 18.8. The molecule has 1 heterocycles. The van der Waals surface area contributed by atoms with Gasteiger partial charge in [-0.3, -0.25) is 0 Å². The Kier molecular flexibility index (Phi) is 4.84. The van der Waals surface area contributed by atoms with Crippen LogP contribution in [0.1, 0.15) is 17.7 Å². The van der Waals surface area contributed by atoms with Crippen LogP contribution in [0.2, 0.25) is 0 Å². The molecule has 0 spiro atoms. The molecule has 5 aromatic rings. The van der Waals surface area contributed by atoms with Crippen LogP contribution in [-0.4, -0.2) is 11.6 Å². The van der Waals surface area contributed by atoms with Gasteiger partial charge in [0.05, 0.1) is 5.52 Å². The molecule has 33 heavy (non-hydrogen) atoms. The molecule has 6 rings (SSSR count). The molecule has 0 fully saturated rings. The fraction of sp³-hybridized carbons (Fsp3) is 0.0968. The highest BCUT2D eigenvalue weighted by molar-refractivity contribution is 5.93. The van der Waals surface area contributed by atoms with E-state index in [4.69, 9.17) is 0 Å². The Morgan fingerprint density at radius 2 is 1.36 bits per heavy atom. The van der Waals surface area contributed by atoms with Crippen molar-refractivity contribution in [1.82, 2.24) is 4.57 Å². The predicted octanol–water partition coefficient (Wildman–Crippen LogP) is 8.02. The van der Waals surface area contributed by atoms with E-state index in [1.165, 1.54) is 50.3 Å². The van der Waals surface area contributed by atoms with Crippen LogP contribution in [0.4, 0.5) is 11.4 Å². The Morgan fingerprint density at radius 1 is 0.697 bits per heavy atom. The third-order valence-electron chi connectivity index (χ3n) is 6.70. The lowest BCUT2D eigenvalue weighted by Crippen LogP contribution is -2.09. The van der Waals surface area contributed by atoms with Gasteiger partial charge in [-0.15, -0.1) is 0 Å². The Hall–Kier alpha value is -4.04. The Balaban J connectivity index is 1.41. The van der Waals surface area contributed by atoms with Crippen LogP contribution in [-0.2, 0) is 6.42 Å². The van der Waals surface area contributed by atoms with Gasteiger partial charge >= 0.3 is 0 Å². The average molecular weight is 427 g/mol. The van der Waals surface area contributed by atoms with Gasteiger partial charge in [-0.25, -0.2) is 0 Å². The first-order valence-corrected chi connectivity index (χ1v) is 11.6. The predicted molar refractivity (Wildman–Crippen MR) is 141 cm³/mol. The molecule has 0 radical (unpaired) electrons. The lowest BCUT2D eigenvalue weighted by molar-refractivity contribution is 0.967. The number of rotatable bonds is 4. The number of para-hydroxylation sites is 1. The van der Waals surface area contributed by atoms with E-state index in [0.29, 0.717) is 0 Å². The van der Waals surface area contributed by atoms with Gasteiger partial charge in [-0.05, 0) is 78.1 Å². The molecule has 0 aliphatic heterocycles. The van der Waals surface area contributed by atoms with Crippen molar-refractivity contribution in [3.8, 4) is 16.8 Å². The Labute approximate surface area is 195 Å². The summed E-state index contributed by atoms with van der Waals surface area (Å²) in [6, 6.07) is 36.9. The van der Waals surface area contributed by atoms with Crippen LogP contribution in [0.5, 0.6) is 0 Å². The van der Waals surface area contributed by atoms with E-state index in [0.717, 1.165) is 12.8 Å². The number of aryl methyl sites for hydroxylation is 1. The van der Waals surface area contributed by atoms with Gasteiger partial charge in [0.25, 0.3) is 0 Å². The number of fused-ring (bicyclic) bond motifs is 3. The van der Waals surface area contributed by atoms with E-state index in [1.54, 1.807) is 0 Å². The minimum absolute atomic E-state index is 1.08. The minimum Gasteiger partial charge on any atom is -0.345 e. The number of aromatic nitrogens is 1. The highest BCUT2D eigenvalue weighted by Gasteiger charge is 2.19. The number of hydrogen-bond donors (Lipinski definition) is 0. The number of hydrogen-bond acceptors (Lipinski definition) is 1. The van der Waals surface area contributed by atoms with Crippen LogP contribution in [0.25, 0.3) is 33.8 Å². The fourth-order valence-corrected chi connectivity index (χ4v) is 4.94. The van der Waals surface area contributed by atoms with E-state index in [9.17, 15) is 0 Å². The third-order valence-corrected chi connectivity index (χ3v) is 6.70. The second-order valence-corrected chi connectivity index (χ2v) is 8.65. The molecule has 0 unspecified atom stereocenters. The first-order chi connectivity index (χ1) is 16.3. The number of anilines is 2. The molecule has 1 aliphatic carbocycles. The summed E-state index contributed by atoms with van der Waals surface area (Å²) in [7, 11) is 2.15. The normalized spacial score (nSPS) is 12.6. The molecule has 2 nitrogen and oxygen atoms in total. The van der Waals surface area contributed by atoms with Crippen LogP contribution >= 0.6 is 0 Å². The Morgan fingerprint density at radius 3 is 2.12 bits per heavy atom. The van der Waals surface area contributed by atoms with Gasteiger partial charge in [0, 0.05) is 35.2 Å². The lowest BCUT2D eigenvalue weighted by atomic mass is 10.0. The molecule has 0 amide bonds. The summed E-state index contributed by atoms with van der Waals surface area (Å²) in [6.45, 7) is 0. The summed E-state index contributed by atoms with van der Waals surface area (Å²) in [5.74, 6) is 0. The topological polar surface area (TPSA) is 8.17 Å². The molecule has 4 aromatic carbocycles. The van der Waals surface area contributed by atoms with Gasteiger partial charge in [0.1, 0.15) is 0 Å². The summed E-state index contributed by atoms with van der Waals surface area (Å²) in [4.78, 5) is 2.28. The van der Waals surface area contributed by atoms with Gasteiger partial charge in [0.2, 0.25) is 0 Å². The molecular formula is C31H26N2. The molecule has 160 valence electrons. The molecule has 0 saturated carbocycles. The minimum atomic E-state index is 1.08. The van der Waals surface area contributed by atoms with E-state index in [2.05, 4.69) is 132 Å². The van der Waals surface area contributed by atoms with E-state index in [-0.39, 0.29) is 0 Å². The first-order valence-electron chi connectivity index (χ1n) is 11.6. The maximum atomic E-state index is 2.40. The summed E-state index contributed by atoms with van der Waals surface area (Å²) < 4.78 is 2.40. The van der Waals surface area contributed by atoms with Crippen molar-refractivity contribution in [2.24, 2.45) is 0 Å². The molecule has 0 N–H and O–H groups in total. The quantitative estimate of drug-likeness (QED) is 0.282. The van der Waals surface area contributed by atoms with E-state index in [1.807, 2.05) is 0 Å². The van der Waals surface area contributed by atoms with E-state index < -0.39 is 0 Å². The second-order valence-electron chi connectivity index (χ2n) is 8.65. The number of nitrogens with zero attached hydrogens (tertiary/aromatic N) is 2. The summed E-state index contributed by atoms with van der Waals surface area (Å²) in [5, 5.41) is 1.35. The molecular weight excluding hydrogens is 400 g/mol. The molecule has 1 aromatic heterocycles.